The number of ether oxygens (including phenoxy) is 1. The summed E-state index contributed by atoms with van der Waals surface area (Å²) in [7, 11) is 2.22. The molecule has 0 spiro atoms. The molecule has 3 nitrogen and oxygen atoms in total. The van der Waals surface area contributed by atoms with Crippen LogP contribution in [0.5, 0.6) is 0 Å². The van der Waals surface area contributed by atoms with Gasteiger partial charge in [-0.2, -0.15) is 0 Å². The highest BCUT2D eigenvalue weighted by molar-refractivity contribution is 7.98. The van der Waals surface area contributed by atoms with Gasteiger partial charge in [0.2, 0.25) is 0 Å². The number of hydrogen-bond acceptors (Lipinski definition) is 4. The lowest BCUT2D eigenvalue weighted by Gasteiger charge is -2.20. The topological polar surface area (TPSA) is 25.4 Å². The van der Waals surface area contributed by atoms with Gasteiger partial charge in [-0.15, -0.1) is 11.8 Å². The van der Waals surface area contributed by atoms with Crippen molar-refractivity contribution in [2.45, 2.75) is 42.8 Å². The van der Waals surface area contributed by atoms with Crippen LogP contribution in [0.25, 0.3) is 0 Å². The Bertz CT molecular complexity index is 442. The Labute approximate surface area is 119 Å². The lowest BCUT2D eigenvalue weighted by Crippen LogP contribution is -2.22. The Morgan fingerprint density at radius 2 is 2.21 bits per heavy atom. The summed E-state index contributed by atoms with van der Waals surface area (Å²) in [6, 6.07) is 5.21. The fourth-order valence-corrected chi connectivity index (χ4v) is 3.17. The van der Waals surface area contributed by atoms with Crippen molar-refractivity contribution < 1.29 is 4.74 Å². The molecular formula is C15H22N2OS. The van der Waals surface area contributed by atoms with Gasteiger partial charge < -0.3 is 4.74 Å². The van der Waals surface area contributed by atoms with E-state index >= 15 is 0 Å². The molecular weight excluding hydrogens is 256 g/mol. The molecule has 1 aliphatic carbocycles. The van der Waals surface area contributed by atoms with Crippen molar-refractivity contribution in [3.63, 3.8) is 0 Å². The Kier molecular flexibility index (Phi) is 4.10. The summed E-state index contributed by atoms with van der Waals surface area (Å²) in [5.41, 5.74) is 2.67. The minimum Gasteiger partial charge on any atom is -0.381 e. The molecule has 4 heteroatoms. The summed E-state index contributed by atoms with van der Waals surface area (Å²) in [5.74, 6) is 0.547. The summed E-state index contributed by atoms with van der Waals surface area (Å²) < 4.78 is 5.54. The van der Waals surface area contributed by atoms with Crippen molar-refractivity contribution in [1.82, 2.24) is 9.88 Å². The molecule has 1 aromatic heterocycles. The average molecular weight is 278 g/mol. The van der Waals surface area contributed by atoms with E-state index in [1.807, 2.05) is 0 Å². The molecule has 0 bridgehead atoms. The third-order valence-corrected chi connectivity index (χ3v) is 4.78. The van der Waals surface area contributed by atoms with Crippen LogP contribution in [0.1, 0.15) is 36.4 Å². The van der Waals surface area contributed by atoms with Crippen LogP contribution in [0.2, 0.25) is 0 Å². The zero-order valence-electron chi connectivity index (χ0n) is 11.8. The summed E-state index contributed by atoms with van der Waals surface area (Å²) in [4.78, 5) is 7.30. The van der Waals surface area contributed by atoms with Crippen LogP contribution < -0.4 is 0 Å². The summed E-state index contributed by atoms with van der Waals surface area (Å²) >= 11 is 1.72. The summed E-state index contributed by atoms with van der Waals surface area (Å²) in [6.45, 7) is 2.73. The van der Waals surface area contributed by atoms with Crippen molar-refractivity contribution in [1.29, 1.82) is 0 Å². The second kappa shape index (κ2) is 5.81. The van der Waals surface area contributed by atoms with E-state index in [4.69, 9.17) is 9.72 Å². The zero-order chi connectivity index (χ0) is 13.2. The monoisotopic (exact) mass is 278 g/mol. The normalized spacial score (nSPS) is 23.2. The van der Waals surface area contributed by atoms with Gasteiger partial charge in [0.15, 0.2) is 0 Å². The van der Waals surface area contributed by atoms with Crippen molar-refractivity contribution >= 4 is 11.8 Å². The molecule has 0 N–H and O–H groups in total. The van der Waals surface area contributed by atoms with Gasteiger partial charge in [-0.3, -0.25) is 4.90 Å². The SMILES string of the molecule is CSc1ccc([C@@H]2CCOC2)c(CN(C)C2CC2)n1. The first-order valence-corrected chi connectivity index (χ1v) is 8.32. The average Bonchev–Trinajstić information content (AvgIpc) is 3.15. The van der Waals surface area contributed by atoms with E-state index in [0.29, 0.717) is 5.92 Å². The van der Waals surface area contributed by atoms with Gasteiger partial charge in [-0.1, -0.05) is 6.07 Å². The number of thioether (sulfide) groups is 1. The first kappa shape index (κ1) is 13.4. The lowest BCUT2D eigenvalue weighted by atomic mass is 9.96. The molecule has 19 heavy (non-hydrogen) atoms. The van der Waals surface area contributed by atoms with E-state index in [2.05, 4.69) is 30.3 Å². The Hall–Kier alpha value is -0.580. The van der Waals surface area contributed by atoms with Crippen LogP contribution in [0.4, 0.5) is 0 Å². The molecule has 1 aliphatic heterocycles. The standard InChI is InChI=1S/C15H22N2OS/c1-17(12-3-4-12)9-14-13(11-7-8-18-10-11)5-6-15(16-14)19-2/h5-6,11-12H,3-4,7-10H2,1-2H3/t11-/m1/s1. The van der Waals surface area contributed by atoms with E-state index in [1.54, 1.807) is 11.8 Å². The molecule has 2 fully saturated rings. The molecule has 0 unspecified atom stereocenters. The van der Waals surface area contributed by atoms with Crippen LogP contribution in [0, 0.1) is 0 Å². The van der Waals surface area contributed by atoms with Crippen LogP contribution in [-0.2, 0) is 11.3 Å². The Morgan fingerprint density at radius 3 is 2.84 bits per heavy atom. The van der Waals surface area contributed by atoms with E-state index < -0.39 is 0 Å². The summed E-state index contributed by atoms with van der Waals surface area (Å²) in [5, 5.41) is 1.13. The van der Waals surface area contributed by atoms with Gasteiger partial charge in [-0.25, -0.2) is 4.98 Å². The van der Waals surface area contributed by atoms with Gasteiger partial charge in [0.25, 0.3) is 0 Å². The number of pyridine rings is 1. The van der Waals surface area contributed by atoms with Gasteiger partial charge in [0.05, 0.1) is 17.3 Å². The van der Waals surface area contributed by atoms with Crippen LogP contribution in [0.3, 0.4) is 0 Å². The molecule has 1 saturated heterocycles. The Morgan fingerprint density at radius 1 is 1.37 bits per heavy atom. The van der Waals surface area contributed by atoms with Crippen molar-refractivity contribution in [2.75, 3.05) is 26.5 Å². The minimum absolute atomic E-state index is 0.547. The van der Waals surface area contributed by atoms with Crippen LogP contribution in [-0.4, -0.2) is 42.4 Å². The number of nitrogens with zero attached hydrogens (tertiary/aromatic N) is 2. The maximum atomic E-state index is 5.54. The third kappa shape index (κ3) is 3.12. The van der Waals surface area contributed by atoms with Crippen molar-refractivity contribution in [3.8, 4) is 0 Å². The zero-order valence-corrected chi connectivity index (χ0v) is 12.6. The van der Waals surface area contributed by atoms with Crippen molar-refractivity contribution in [2.24, 2.45) is 0 Å². The summed E-state index contributed by atoms with van der Waals surface area (Å²) in [6.07, 6.45) is 5.93. The van der Waals surface area contributed by atoms with Gasteiger partial charge >= 0.3 is 0 Å². The number of hydrogen-bond donors (Lipinski definition) is 0. The second-order valence-corrected chi connectivity index (χ2v) is 6.42. The maximum absolute atomic E-state index is 5.54. The second-order valence-electron chi connectivity index (χ2n) is 5.60. The fourth-order valence-electron chi connectivity index (χ4n) is 2.76. The van der Waals surface area contributed by atoms with Gasteiger partial charge in [0.1, 0.15) is 0 Å². The van der Waals surface area contributed by atoms with Crippen LogP contribution in [0.15, 0.2) is 17.2 Å². The smallest absolute Gasteiger partial charge is 0.0961 e. The van der Waals surface area contributed by atoms with E-state index in [1.165, 1.54) is 24.1 Å². The molecule has 2 aliphatic rings. The number of rotatable bonds is 5. The molecule has 0 aromatic carbocycles. The number of aromatic nitrogens is 1. The maximum Gasteiger partial charge on any atom is 0.0961 e. The first-order chi connectivity index (χ1) is 9.28. The molecule has 0 radical (unpaired) electrons. The first-order valence-electron chi connectivity index (χ1n) is 7.09. The predicted octanol–water partition coefficient (Wildman–Crippen LogP) is 2.90. The van der Waals surface area contributed by atoms with Gasteiger partial charge in [-0.05, 0) is 44.2 Å². The highest BCUT2D eigenvalue weighted by Gasteiger charge is 2.28. The third-order valence-electron chi connectivity index (χ3n) is 4.13. The molecule has 1 aromatic rings. The fraction of sp³-hybridized carbons (Fsp3) is 0.667. The molecule has 0 amide bonds. The van der Waals surface area contributed by atoms with Crippen molar-refractivity contribution in [3.05, 3.63) is 23.4 Å². The highest BCUT2D eigenvalue weighted by Crippen LogP contribution is 2.31. The highest BCUT2D eigenvalue weighted by atomic mass is 32.2. The minimum atomic E-state index is 0.547. The molecule has 3 rings (SSSR count). The molecule has 104 valence electrons. The van der Waals surface area contributed by atoms with E-state index in [9.17, 15) is 0 Å². The molecule has 1 atom stereocenters. The lowest BCUT2D eigenvalue weighted by molar-refractivity contribution is 0.193. The van der Waals surface area contributed by atoms with E-state index in [-0.39, 0.29) is 0 Å². The predicted molar refractivity (Wildman–Crippen MR) is 78.7 cm³/mol. The van der Waals surface area contributed by atoms with E-state index in [0.717, 1.165) is 37.2 Å². The molecule has 1 saturated carbocycles. The quantitative estimate of drug-likeness (QED) is 0.773. The Balaban J connectivity index is 1.83. The largest absolute Gasteiger partial charge is 0.381 e. The molecule has 2 heterocycles. The van der Waals surface area contributed by atoms with Crippen LogP contribution >= 0.6 is 11.8 Å². The van der Waals surface area contributed by atoms with Gasteiger partial charge in [0, 0.05) is 25.1 Å².